The Morgan fingerprint density at radius 3 is 2.80 bits per heavy atom. The predicted octanol–water partition coefficient (Wildman–Crippen LogP) is 2.10. The molecule has 0 saturated carbocycles. The van der Waals surface area contributed by atoms with E-state index in [1.807, 2.05) is 44.3 Å². The summed E-state index contributed by atoms with van der Waals surface area (Å²) in [5.41, 5.74) is 3.82. The van der Waals surface area contributed by atoms with Crippen molar-refractivity contribution in [2.45, 2.75) is 45.7 Å². The first-order chi connectivity index (χ1) is 12.0. The molecular formula is C19H24N4O2. The quantitative estimate of drug-likeness (QED) is 0.927. The third kappa shape index (κ3) is 3.57. The SMILES string of the molecule is Cc1cc(CNC(=O)[C@H](C)N2C(=O)CCCc3ccccc32)n(C)n1. The van der Waals surface area contributed by atoms with Gasteiger partial charge in [-0.1, -0.05) is 18.2 Å². The molecule has 132 valence electrons. The van der Waals surface area contributed by atoms with Gasteiger partial charge in [0.25, 0.3) is 0 Å². The molecule has 2 aromatic rings. The number of hydrogen-bond acceptors (Lipinski definition) is 3. The average molecular weight is 340 g/mol. The van der Waals surface area contributed by atoms with Gasteiger partial charge in [0, 0.05) is 19.2 Å². The van der Waals surface area contributed by atoms with Crippen LogP contribution in [-0.2, 0) is 29.6 Å². The molecule has 6 heteroatoms. The van der Waals surface area contributed by atoms with E-state index >= 15 is 0 Å². The van der Waals surface area contributed by atoms with Crippen LogP contribution >= 0.6 is 0 Å². The van der Waals surface area contributed by atoms with E-state index in [2.05, 4.69) is 10.4 Å². The van der Waals surface area contributed by atoms with Gasteiger partial charge in [0.1, 0.15) is 6.04 Å². The molecule has 6 nitrogen and oxygen atoms in total. The fourth-order valence-corrected chi connectivity index (χ4v) is 3.34. The van der Waals surface area contributed by atoms with Crippen LogP contribution in [0.25, 0.3) is 0 Å². The topological polar surface area (TPSA) is 67.2 Å². The van der Waals surface area contributed by atoms with Crippen molar-refractivity contribution in [1.82, 2.24) is 15.1 Å². The van der Waals surface area contributed by atoms with Crippen molar-refractivity contribution in [3.8, 4) is 0 Å². The zero-order valence-electron chi connectivity index (χ0n) is 15.0. The van der Waals surface area contributed by atoms with Gasteiger partial charge in [-0.3, -0.25) is 19.2 Å². The van der Waals surface area contributed by atoms with Crippen molar-refractivity contribution in [3.05, 3.63) is 47.3 Å². The molecule has 1 aromatic carbocycles. The number of benzene rings is 1. The van der Waals surface area contributed by atoms with Gasteiger partial charge in [-0.15, -0.1) is 0 Å². The van der Waals surface area contributed by atoms with Crippen LogP contribution in [0, 0.1) is 6.92 Å². The standard InChI is InChI=1S/C19H24N4O2/c1-13-11-16(22(3)21-13)12-20-19(25)14(2)23-17-9-5-4-7-15(17)8-6-10-18(23)24/h4-5,7,9,11,14H,6,8,10,12H2,1-3H3,(H,20,25)/t14-/m0/s1. The van der Waals surface area contributed by atoms with Crippen LogP contribution in [0.2, 0.25) is 0 Å². The highest BCUT2D eigenvalue weighted by Crippen LogP contribution is 2.28. The molecule has 0 radical (unpaired) electrons. The second-order valence-corrected chi connectivity index (χ2v) is 6.54. The molecule has 0 spiro atoms. The van der Waals surface area contributed by atoms with Crippen LogP contribution < -0.4 is 10.2 Å². The van der Waals surface area contributed by atoms with E-state index in [0.29, 0.717) is 13.0 Å². The van der Waals surface area contributed by atoms with Crippen molar-refractivity contribution >= 4 is 17.5 Å². The molecular weight excluding hydrogens is 316 g/mol. The summed E-state index contributed by atoms with van der Waals surface area (Å²) in [6.45, 7) is 4.09. The Morgan fingerprint density at radius 1 is 1.32 bits per heavy atom. The summed E-state index contributed by atoms with van der Waals surface area (Å²) in [4.78, 5) is 26.9. The van der Waals surface area contributed by atoms with E-state index in [-0.39, 0.29) is 11.8 Å². The Balaban J connectivity index is 1.76. The smallest absolute Gasteiger partial charge is 0.243 e. The minimum Gasteiger partial charge on any atom is -0.349 e. The number of nitrogens with one attached hydrogen (secondary N) is 1. The molecule has 0 fully saturated rings. The van der Waals surface area contributed by atoms with Gasteiger partial charge >= 0.3 is 0 Å². The number of carbonyl (C=O) groups excluding carboxylic acids is 2. The molecule has 1 aromatic heterocycles. The Kier molecular flexibility index (Phi) is 4.88. The zero-order chi connectivity index (χ0) is 18.0. The van der Waals surface area contributed by atoms with Crippen LogP contribution in [0.1, 0.15) is 36.7 Å². The molecule has 3 rings (SSSR count). The normalized spacial score (nSPS) is 15.5. The first-order valence-corrected chi connectivity index (χ1v) is 8.64. The Morgan fingerprint density at radius 2 is 2.08 bits per heavy atom. The lowest BCUT2D eigenvalue weighted by atomic mass is 10.1. The predicted molar refractivity (Wildman–Crippen MR) is 96.1 cm³/mol. The Hall–Kier alpha value is -2.63. The molecule has 0 bridgehead atoms. The Labute approximate surface area is 147 Å². The number of nitrogens with zero attached hydrogens (tertiary/aromatic N) is 3. The van der Waals surface area contributed by atoms with Crippen molar-refractivity contribution in [2.24, 2.45) is 7.05 Å². The van der Waals surface area contributed by atoms with Gasteiger partial charge in [-0.05, 0) is 44.4 Å². The van der Waals surface area contributed by atoms with Gasteiger partial charge in [0.05, 0.1) is 17.9 Å². The van der Waals surface area contributed by atoms with Crippen LogP contribution in [0.15, 0.2) is 30.3 Å². The average Bonchev–Trinajstić information content (AvgIpc) is 2.81. The van der Waals surface area contributed by atoms with E-state index < -0.39 is 6.04 Å². The van der Waals surface area contributed by atoms with Gasteiger partial charge < -0.3 is 5.32 Å². The van der Waals surface area contributed by atoms with Crippen LogP contribution in [0.5, 0.6) is 0 Å². The van der Waals surface area contributed by atoms with Gasteiger partial charge in [0.15, 0.2) is 0 Å². The summed E-state index contributed by atoms with van der Waals surface area (Å²) in [5.74, 6) is -0.159. The minimum atomic E-state index is -0.555. The summed E-state index contributed by atoms with van der Waals surface area (Å²) in [7, 11) is 1.85. The number of anilines is 1. The number of fused-ring (bicyclic) bond motifs is 1. The van der Waals surface area contributed by atoms with Crippen molar-refractivity contribution in [2.75, 3.05) is 4.90 Å². The van der Waals surface area contributed by atoms with E-state index in [1.165, 1.54) is 0 Å². The molecule has 25 heavy (non-hydrogen) atoms. The monoisotopic (exact) mass is 340 g/mol. The summed E-state index contributed by atoms with van der Waals surface area (Å²) in [6, 6.07) is 9.23. The maximum atomic E-state index is 12.7. The van der Waals surface area contributed by atoms with Crippen molar-refractivity contribution in [1.29, 1.82) is 0 Å². The van der Waals surface area contributed by atoms with Crippen molar-refractivity contribution in [3.63, 3.8) is 0 Å². The lowest BCUT2D eigenvalue weighted by Gasteiger charge is -2.28. The second-order valence-electron chi connectivity index (χ2n) is 6.54. The van der Waals surface area contributed by atoms with Crippen molar-refractivity contribution < 1.29 is 9.59 Å². The van der Waals surface area contributed by atoms with Gasteiger partial charge in [-0.2, -0.15) is 5.10 Å². The van der Waals surface area contributed by atoms with E-state index in [1.54, 1.807) is 16.5 Å². The minimum absolute atomic E-state index is 0.00368. The molecule has 1 aliphatic heterocycles. The summed E-state index contributed by atoms with van der Waals surface area (Å²) in [5, 5.41) is 7.21. The van der Waals surface area contributed by atoms with Crippen LogP contribution in [0.4, 0.5) is 5.69 Å². The maximum absolute atomic E-state index is 12.7. The molecule has 2 heterocycles. The first-order valence-electron chi connectivity index (χ1n) is 8.64. The van der Waals surface area contributed by atoms with E-state index in [9.17, 15) is 9.59 Å². The molecule has 1 aliphatic rings. The molecule has 0 aliphatic carbocycles. The molecule has 0 unspecified atom stereocenters. The van der Waals surface area contributed by atoms with Gasteiger partial charge in [-0.25, -0.2) is 0 Å². The fraction of sp³-hybridized carbons (Fsp3) is 0.421. The largest absolute Gasteiger partial charge is 0.349 e. The van der Waals surface area contributed by atoms with Gasteiger partial charge in [0.2, 0.25) is 11.8 Å². The molecule has 1 atom stereocenters. The maximum Gasteiger partial charge on any atom is 0.243 e. The molecule has 0 saturated heterocycles. The molecule has 1 N–H and O–H groups in total. The second kappa shape index (κ2) is 7.09. The highest BCUT2D eigenvalue weighted by Gasteiger charge is 2.30. The third-order valence-corrected chi connectivity index (χ3v) is 4.67. The first kappa shape index (κ1) is 17.2. The number of para-hydroxylation sites is 1. The number of amides is 2. The lowest BCUT2D eigenvalue weighted by Crippen LogP contribution is -2.48. The van der Waals surface area contributed by atoms with E-state index in [4.69, 9.17) is 0 Å². The number of hydrogen-bond donors (Lipinski definition) is 1. The highest BCUT2D eigenvalue weighted by molar-refractivity contribution is 6.01. The number of aryl methyl sites for hydroxylation is 3. The number of rotatable bonds is 4. The number of carbonyl (C=O) groups is 2. The zero-order valence-corrected chi connectivity index (χ0v) is 15.0. The summed E-state index contributed by atoms with van der Waals surface area (Å²) in [6.07, 6.45) is 2.14. The lowest BCUT2D eigenvalue weighted by molar-refractivity contribution is -0.126. The Bertz CT molecular complexity index is 796. The third-order valence-electron chi connectivity index (χ3n) is 4.67. The summed E-state index contributed by atoms with van der Waals surface area (Å²) >= 11 is 0. The van der Waals surface area contributed by atoms with E-state index in [0.717, 1.165) is 35.5 Å². The fourth-order valence-electron chi connectivity index (χ4n) is 3.34. The molecule has 2 amide bonds. The van der Waals surface area contributed by atoms with Crippen LogP contribution in [-0.4, -0.2) is 27.6 Å². The highest BCUT2D eigenvalue weighted by atomic mass is 16.2. The van der Waals surface area contributed by atoms with Crippen LogP contribution in [0.3, 0.4) is 0 Å². The summed E-state index contributed by atoms with van der Waals surface area (Å²) < 4.78 is 1.76. The number of aromatic nitrogens is 2.